The van der Waals surface area contributed by atoms with Gasteiger partial charge >= 0.3 is 0 Å². The summed E-state index contributed by atoms with van der Waals surface area (Å²) in [6, 6.07) is 0. The average molecular weight is 236 g/mol. The zero-order chi connectivity index (χ0) is 11.7. The van der Waals surface area contributed by atoms with Crippen molar-refractivity contribution in [3.63, 3.8) is 0 Å². The molecule has 0 aromatic rings. The summed E-state index contributed by atoms with van der Waals surface area (Å²) in [5.74, 6) is 0.0119. The first-order chi connectivity index (χ1) is 7.02. The smallest absolute Gasteiger partial charge is 0.201 e. The molecular formula is C9H21N2O3P. The summed E-state index contributed by atoms with van der Waals surface area (Å²) in [7, 11) is -3.07. The van der Waals surface area contributed by atoms with E-state index in [4.69, 9.17) is 10.9 Å². The van der Waals surface area contributed by atoms with Crippen LogP contribution in [0.1, 0.15) is 39.0 Å². The fourth-order valence-corrected chi connectivity index (χ4v) is 2.76. The van der Waals surface area contributed by atoms with Gasteiger partial charge in [0.1, 0.15) is 5.84 Å². The number of oxime groups is 1. The van der Waals surface area contributed by atoms with Crippen LogP contribution in [0.2, 0.25) is 0 Å². The molecule has 5 nitrogen and oxygen atoms in total. The molecule has 0 amide bonds. The molecule has 15 heavy (non-hydrogen) atoms. The topological polar surface area (TPSA) is 95.9 Å². The lowest BCUT2D eigenvalue weighted by Crippen LogP contribution is -2.13. The highest BCUT2D eigenvalue weighted by Gasteiger charge is 2.17. The van der Waals surface area contributed by atoms with Crippen LogP contribution < -0.4 is 5.73 Å². The third kappa shape index (κ3) is 8.45. The summed E-state index contributed by atoms with van der Waals surface area (Å²) in [6.45, 7) is 2.09. The molecule has 6 heteroatoms. The van der Waals surface area contributed by atoms with Gasteiger partial charge in [0.2, 0.25) is 7.37 Å². The van der Waals surface area contributed by atoms with Crippen LogP contribution in [0, 0.1) is 0 Å². The highest BCUT2D eigenvalue weighted by molar-refractivity contribution is 7.58. The summed E-state index contributed by atoms with van der Waals surface area (Å²) in [5, 5.41) is 11.0. The Morgan fingerprint density at radius 1 is 1.33 bits per heavy atom. The van der Waals surface area contributed by atoms with E-state index in [0.29, 0.717) is 6.16 Å². The van der Waals surface area contributed by atoms with Gasteiger partial charge in [0.15, 0.2) is 0 Å². The van der Waals surface area contributed by atoms with Crippen molar-refractivity contribution in [2.24, 2.45) is 10.9 Å². The van der Waals surface area contributed by atoms with E-state index >= 15 is 0 Å². The summed E-state index contributed by atoms with van der Waals surface area (Å²) in [5.41, 5.74) is 5.22. The fourth-order valence-electron chi connectivity index (χ4n) is 1.24. The second-order valence-corrected chi connectivity index (χ2v) is 6.28. The molecule has 0 saturated carbocycles. The molecule has 0 radical (unpaired) electrons. The minimum atomic E-state index is -3.07. The fraction of sp³-hybridized carbons (Fsp3) is 0.889. The Labute approximate surface area is 90.8 Å². The lowest BCUT2D eigenvalue weighted by Gasteiger charge is -2.10. The number of nitrogens with zero attached hydrogens (tertiary/aromatic N) is 1. The first-order valence-corrected chi connectivity index (χ1v) is 7.32. The van der Waals surface area contributed by atoms with Gasteiger partial charge in [-0.05, 0) is 6.42 Å². The van der Waals surface area contributed by atoms with Gasteiger partial charge in [0, 0.05) is 18.7 Å². The van der Waals surface area contributed by atoms with Crippen molar-refractivity contribution in [3.8, 4) is 0 Å². The first-order valence-electron chi connectivity index (χ1n) is 5.29. The molecule has 4 N–H and O–H groups in total. The molecule has 0 aromatic heterocycles. The Bertz CT molecular complexity index is 244. The molecule has 1 atom stereocenters. The molecule has 0 aliphatic carbocycles. The van der Waals surface area contributed by atoms with E-state index in [-0.39, 0.29) is 18.4 Å². The standard InChI is InChI=1S/C9H21N2O3P/c1-2-3-4-5-7-15(13,14)8-6-9(10)11-12/h12H,2-8H2,1H3,(H2,10,11)(H,13,14). The van der Waals surface area contributed by atoms with Gasteiger partial charge in [-0.3, -0.25) is 4.57 Å². The second kappa shape index (κ2) is 7.71. The quantitative estimate of drug-likeness (QED) is 0.150. The van der Waals surface area contributed by atoms with Gasteiger partial charge in [0.25, 0.3) is 0 Å². The van der Waals surface area contributed by atoms with Crippen molar-refractivity contribution < 1.29 is 14.7 Å². The van der Waals surface area contributed by atoms with Gasteiger partial charge in [0.05, 0.1) is 0 Å². The molecule has 0 saturated heterocycles. The van der Waals surface area contributed by atoms with E-state index in [0.717, 1.165) is 25.7 Å². The van der Waals surface area contributed by atoms with Crippen LogP contribution in [-0.2, 0) is 4.57 Å². The minimum Gasteiger partial charge on any atom is -0.409 e. The second-order valence-electron chi connectivity index (χ2n) is 3.70. The van der Waals surface area contributed by atoms with Crippen molar-refractivity contribution in [1.29, 1.82) is 0 Å². The first kappa shape index (κ1) is 14.5. The predicted octanol–water partition coefficient (Wildman–Crippen LogP) is 1.97. The maximum absolute atomic E-state index is 11.6. The highest BCUT2D eigenvalue weighted by atomic mass is 31.2. The van der Waals surface area contributed by atoms with E-state index in [1.807, 2.05) is 0 Å². The zero-order valence-corrected chi connectivity index (χ0v) is 10.1. The highest BCUT2D eigenvalue weighted by Crippen LogP contribution is 2.42. The van der Waals surface area contributed by atoms with Crippen LogP contribution >= 0.6 is 7.37 Å². The van der Waals surface area contributed by atoms with E-state index < -0.39 is 7.37 Å². The molecule has 0 spiro atoms. The van der Waals surface area contributed by atoms with Crippen LogP contribution in [0.25, 0.3) is 0 Å². The number of amidine groups is 1. The van der Waals surface area contributed by atoms with Gasteiger partial charge < -0.3 is 15.8 Å². The Balaban J connectivity index is 3.72. The van der Waals surface area contributed by atoms with Crippen molar-refractivity contribution >= 4 is 13.2 Å². The third-order valence-corrected chi connectivity index (χ3v) is 4.14. The van der Waals surface area contributed by atoms with Gasteiger partial charge in [-0.2, -0.15) is 0 Å². The normalized spacial score (nSPS) is 16.3. The summed E-state index contributed by atoms with van der Waals surface area (Å²) < 4.78 is 11.6. The molecule has 90 valence electrons. The molecular weight excluding hydrogens is 215 g/mol. The number of hydrogen-bond acceptors (Lipinski definition) is 3. The van der Waals surface area contributed by atoms with Crippen LogP contribution in [0.5, 0.6) is 0 Å². The van der Waals surface area contributed by atoms with Gasteiger partial charge in [-0.1, -0.05) is 31.3 Å². The number of rotatable bonds is 8. The van der Waals surface area contributed by atoms with Crippen LogP contribution in [0.4, 0.5) is 0 Å². The molecule has 0 aromatic carbocycles. The molecule has 0 rings (SSSR count). The van der Waals surface area contributed by atoms with E-state index in [9.17, 15) is 9.46 Å². The third-order valence-electron chi connectivity index (χ3n) is 2.21. The van der Waals surface area contributed by atoms with E-state index in [1.165, 1.54) is 0 Å². The summed E-state index contributed by atoms with van der Waals surface area (Å²) >= 11 is 0. The molecule has 0 fully saturated rings. The number of nitrogens with two attached hydrogens (primary N) is 1. The Morgan fingerprint density at radius 2 is 2.00 bits per heavy atom. The number of unbranched alkanes of at least 4 members (excludes halogenated alkanes) is 3. The van der Waals surface area contributed by atoms with E-state index in [1.54, 1.807) is 0 Å². The lowest BCUT2D eigenvalue weighted by atomic mass is 10.2. The van der Waals surface area contributed by atoms with Crippen molar-refractivity contribution in [2.45, 2.75) is 39.0 Å². The van der Waals surface area contributed by atoms with Crippen LogP contribution in [-0.4, -0.2) is 28.3 Å². The van der Waals surface area contributed by atoms with Crippen molar-refractivity contribution in [3.05, 3.63) is 0 Å². The largest absolute Gasteiger partial charge is 0.409 e. The molecule has 0 aliphatic rings. The summed E-state index contributed by atoms with van der Waals surface area (Å²) in [6.07, 6.45) is 4.60. The monoisotopic (exact) mass is 236 g/mol. The molecule has 0 aliphatic heterocycles. The molecule has 0 bridgehead atoms. The summed E-state index contributed by atoms with van der Waals surface area (Å²) in [4.78, 5) is 9.52. The predicted molar refractivity (Wildman–Crippen MR) is 61.7 cm³/mol. The van der Waals surface area contributed by atoms with Crippen LogP contribution in [0.15, 0.2) is 5.16 Å². The molecule has 1 unspecified atom stereocenters. The SMILES string of the molecule is CCCCCCP(=O)(O)CCC(N)=NO. The molecule has 0 heterocycles. The minimum absolute atomic E-state index is 0.0119. The van der Waals surface area contributed by atoms with Crippen LogP contribution in [0.3, 0.4) is 0 Å². The Hall–Kier alpha value is -0.540. The number of hydrogen-bond donors (Lipinski definition) is 3. The van der Waals surface area contributed by atoms with E-state index in [2.05, 4.69) is 12.1 Å². The maximum Gasteiger partial charge on any atom is 0.201 e. The zero-order valence-electron chi connectivity index (χ0n) is 9.22. The van der Waals surface area contributed by atoms with Crippen molar-refractivity contribution in [2.75, 3.05) is 12.3 Å². The Kier molecular flexibility index (Phi) is 7.44. The van der Waals surface area contributed by atoms with Gasteiger partial charge in [-0.25, -0.2) is 0 Å². The van der Waals surface area contributed by atoms with Gasteiger partial charge in [-0.15, -0.1) is 0 Å². The maximum atomic E-state index is 11.6. The van der Waals surface area contributed by atoms with Crippen molar-refractivity contribution in [1.82, 2.24) is 0 Å². The average Bonchev–Trinajstić information content (AvgIpc) is 2.21. The lowest BCUT2D eigenvalue weighted by molar-refractivity contribution is 0.317. The Morgan fingerprint density at radius 3 is 2.53 bits per heavy atom.